The summed E-state index contributed by atoms with van der Waals surface area (Å²) in [5.41, 5.74) is 0.452. The lowest BCUT2D eigenvalue weighted by molar-refractivity contribution is -0.384. The van der Waals surface area contributed by atoms with Gasteiger partial charge in [-0.15, -0.1) is 0 Å². The van der Waals surface area contributed by atoms with Gasteiger partial charge in [-0.25, -0.2) is 4.79 Å². The predicted octanol–water partition coefficient (Wildman–Crippen LogP) is 3.24. The molecule has 0 saturated carbocycles. The van der Waals surface area contributed by atoms with Gasteiger partial charge in [0.2, 0.25) is 0 Å². The number of carboxylic acids is 1. The number of nitro benzene ring substituents is 1. The number of amides is 1. The fraction of sp³-hybridized carbons (Fsp3) is 0.263. The molecule has 0 radical (unpaired) electrons. The number of hydrogen-bond acceptors (Lipinski definition) is 6. The number of carbonyl (C=O) groups excluding carboxylic acids is 1. The normalized spacial score (nSPS) is 13.8. The van der Waals surface area contributed by atoms with Crippen LogP contribution in [0.5, 0.6) is 5.75 Å². The second-order valence-electron chi connectivity index (χ2n) is 6.50. The molecule has 0 atom stereocenters. The van der Waals surface area contributed by atoms with E-state index in [0.717, 1.165) is 38.4 Å². The number of carbonyl (C=O) groups is 2. The third-order valence-corrected chi connectivity index (χ3v) is 4.62. The summed E-state index contributed by atoms with van der Waals surface area (Å²) in [6.45, 7) is 1.51. The number of non-ortho nitro benzene ring substituents is 1. The number of aromatic carboxylic acids is 1. The lowest BCUT2D eigenvalue weighted by atomic mass is 10.1. The number of nitrogens with one attached hydrogen (secondary N) is 1. The molecule has 0 spiro atoms. The average molecular weight is 385 g/mol. The first-order valence-electron chi connectivity index (χ1n) is 8.78. The highest BCUT2D eigenvalue weighted by Crippen LogP contribution is 2.29. The number of hydrogen-bond donors (Lipinski definition) is 3. The fourth-order valence-electron chi connectivity index (χ4n) is 3.22. The molecule has 9 nitrogen and oxygen atoms in total. The van der Waals surface area contributed by atoms with Crippen molar-refractivity contribution in [2.75, 3.05) is 23.3 Å². The quantitative estimate of drug-likeness (QED) is 0.531. The predicted molar refractivity (Wildman–Crippen MR) is 102 cm³/mol. The Hall–Kier alpha value is -3.62. The fourth-order valence-corrected chi connectivity index (χ4v) is 3.22. The molecule has 3 rings (SSSR count). The summed E-state index contributed by atoms with van der Waals surface area (Å²) in [6.07, 6.45) is 3.05. The maximum absolute atomic E-state index is 12.8. The van der Waals surface area contributed by atoms with Gasteiger partial charge in [-0.2, -0.15) is 0 Å². The van der Waals surface area contributed by atoms with Gasteiger partial charge in [0.1, 0.15) is 11.3 Å². The topological polar surface area (TPSA) is 133 Å². The van der Waals surface area contributed by atoms with Gasteiger partial charge in [0.15, 0.2) is 0 Å². The van der Waals surface area contributed by atoms with Crippen molar-refractivity contribution in [2.24, 2.45) is 0 Å². The minimum Gasteiger partial charge on any atom is -0.507 e. The van der Waals surface area contributed by atoms with Crippen LogP contribution >= 0.6 is 0 Å². The van der Waals surface area contributed by atoms with Crippen molar-refractivity contribution in [3.05, 3.63) is 57.6 Å². The van der Waals surface area contributed by atoms with E-state index >= 15 is 0 Å². The molecule has 146 valence electrons. The number of nitrogens with zero attached hydrogens (tertiary/aromatic N) is 2. The molecule has 28 heavy (non-hydrogen) atoms. The summed E-state index contributed by atoms with van der Waals surface area (Å²) >= 11 is 0. The summed E-state index contributed by atoms with van der Waals surface area (Å²) in [4.78, 5) is 36.4. The van der Waals surface area contributed by atoms with Crippen LogP contribution in [-0.2, 0) is 0 Å². The molecule has 2 aromatic rings. The van der Waals surface area contributed by atoms with E-state index in [0.29, 0.717) is 5.69 Å². The monoisotopic (exact) mass is 385 g/mol. The Morgan fingerprint density at radius 1 is 1.04 bits per heavy atom. The molecule has 1 heterocycles. The number of anilines is 2. The Balaban J connectivity index is 1.92. The van der Waals surface area contributed by atoms with E-state index in [1.165, 1.54) is 24.3 Å². The largest absolute Gasteiger partial charge is 0.507 e. The Bertz CT molecular complexity index is 937. The minimum atomic E-state index is -1.29. The molecule has 1 fully saturated rings. The number of aromatic hydroxyl groups is 1. The van der Waals surface area contributed by atoms with Gasteiger partial charge in [0, 0.05) is 37.0 Å². The maximum Gasteiger partial charge on any atom is 0.339 e. The molecule has 2 aromatic carbocycles. The smallest absolute Gasteiger partial charge is 0.339 e. The summed E-state index contributed by atoms with van der Waals surface area (Å²) in [7, 11) is 0. The molecule has 0 aliphatic carbocycles. The van der Waals surface area contributed by atoms with Crippen LogP contribution in [0.3, 0.4) is 0 Å². The van der Waals surface area contributed by atoms with Crippen molar-refractivity contribution in [2.45, 2.75) is 19.3 Å². The van der Waals surface area contributed by atoms with E-state index in [-0.39, 0.29) is 22.5 Å². The molecule has 0 unspecified atom stereocenters. The van der Waals surface area contributed by atoms with Gasteiger partial charge in [-0.05, 0) is 37.5 Å². The number of piperidine rings is 1. The second-order valence-corrected chi connectivity index (χ2v) is 6.50. The zero-order valence-corrected chi connectivity index (χ0v) is 14.9. The second kappa shape index (κ2) is 7.95. The lowest BCUT2D eigenvalue weighted by Gasteiger charge is -2.30. The van der Waals surface area contributed by atoms with Crippen LogP contribution in [0, 0.1) is 10.1 Å². The summed E-state index contributed by atoms with van der Waals surface area (Å²) in [5, 5.41) is 32.5. The molecule has 9 heteroatoms. The molecule has 1 saturated heterocycles. The van der Waals surface area contributed by atoms with Crippen molar-refractivity contribution < 1.29 is 24.7 Å². The van der Waals surface area contributed by atoms with E-state index < -0.39 is 22.5 Å². The third-order valence-electron chi connectivity index (χ3n) is 4.62. The Morgan fingerprint density at radius 3 is 2.36 bits per heavy atom. The number of phenols is 1. The van der Waals surface area contributed by atoms with Crippen LogP contribution in [0.4, 0.5) is 17.1 Å². The highest BCUT2D eigenvalue weighted by atomic mass is 16.6. The first-order chi connectivity index (χ1) is 13.4. The standard InChI is InChI=1S/C19H19N3O6/c23-17-10-12(4-6-14(17)19(25)26)20-18(24)15-11-13(22(27)28)5-7-16(15)21-8-2-1-3-9-21/h4-7,10-11,23H,1-3,8-9H2,(H,20,24)(H,25,26). The summed E-state index contributed by atoms with van der Waals surface area (Å²) < 4.78 is 0. The van der Waals surface area contributed by atoms with Gasteiger partial charge in [-0.1, -0.05) is 0 Å². The van der Waals surface area contributed by atoms with Gasteiger partial charge in [-0.3, -0.25) is 14.9 Å². The van der Waals surface area contributed by atoms with Crippen LogP contribution in [0.25, 0.3) is 0 Å². The first-order valence-corrected chi connectivity index (χ1v) is 8.78. The number of carboxylic acid groups (broad SMARTS) is 1. The van der Waals surface area contributed by atoms with Crippen molar-refractivity contribution in [1.29, 1.82) is 0 Å². The van der Waals surface area contributed by atoms with Gasteiger partial charge in [0.25, 0.3) is 11.6 Å². The minimum absolute atomic E-state index is 0.151. The number of nitro groups is 1. The first kappa shape index (κ1) is 19.2. The highest BCUT2D eigenvalue weighted by Gasteiger charge is 2.22. The van der Waals surface area contributed by atoms with Gasteiger partial charge in [0.05, 0.1) is 16.2 Å². The third kappa shape index (κ3) is 4.03. The molecule has 1 aliphatic rings. The van der Waals surface area contributed by atoms with E-state index in [9.17, 15) is 24.8 Å². The summed E-state index contributed by atoms with van der Waals surface area (Å²) in [5.74, 6) is -2.35. The molecular weight excluding hydrogens is 366 g/mol. The zero-order valence-electron chi connectivity index (χ0n) is 14.9. The van der Waals surface area contributed by atoms with E-state index in [4.69, 9.17) is 5.11 Å². The van der Waals surface area contributed by atoms with Crippen LogP contribution in [0.15, 0.2) is 36.4 Å². The molecule has 1 amide bonds. The molecular formula is C19H19N3O6. The van der Waals surface area contributed by atoms with Crippen molar-refractivity contribution >= 4 is 28.9 Å². The van der Waals surface area contributed by atoms with E-state index in [2.05, 4.69) is 5.32 Å². The number of rotatable bonds is 5. The zero-order chi connectivity index (χ0) is 20.3. The molecule has 0 bridgehead atoms. The Kier molecular flexibility index (Phi) is 5.44. The molecule has 1 aliphatic heterocycles. The maximum atomic E-state index is 12.8. The highest BCUT2D eigenvalue weighted by molar-refractivity contribution is 6.09. The number of benzene rings is 2. The van der Waals surface area contributed by atoms with Crippen LogP contribution in [0.1, 0.15) is 40.0 Å². The van der Waals surface area contributed by atoms with Crippen molar-refractivity contribution in [1.82, 2.24) is 0 Å². The summed E-state index contributed by atoms with van der Waals surface area (Å²) in [6, 6.07) is 7.81. The van der Waals surface area contributed by atoms with Crippen LogP contribution in [0.2, 0.25) is 0 Å². The van der Waals surface area contributed by atoms with Crippen molar-refractivity contribution in [3.8, 4) is 5.75 Å². The molecule has 3 N–H and O–H groups in total. The van der Waals surface area contributed by atoms with Crippen LogP contribution < -0.4 is 10.2 Å². The van der Waals surface area contributed by atoms with Gasteiger partial charge < -0.3 is 20.4 Å². The SMILES string of the molecule is O=C(O)c1ccc(NC(=O)c2cc([N+](=O)[O-])ccc2N2CCCCC2)cc1O. The lowest BCUT2D eigenvalue weighted by Crippen LogP contribution is -2.31. The molecule has 0 aromatic heterocycles. The Morgan fingerprint density at radius 2 is 1.75 bits per heavy atom. The Labute approximate surface area is 160 Å². The van der Waals surface area contributed by atoms with Gasteiger partial charge >= 0.3 is 5.97 Å². The van der Waals surface area contributed by atoms with Crippen molar-refractivity contribution in [3.63, 3.8) is 0 Å². The van der Waals surface area contributed by atoms with E-state index in [1.54, 1.807) is 6.07 Å². The van der Waals surface area contributed by atoms with E-state index in [1.807, 2.05) is 4.90 Å². The van der Waals surface area contributed by atoms with Crippen LogP contribution in [-0.4, -0.2) is 40.1 Å². The average Bonchev–Trinajstić information content (AvgIpc) is 2.68.